The van der Waals surface area contributed by atoms with Gasteiger partial charge in [0.05, 0.1) is 12.7 Å². The molecule has 1 unspecified atom stereocenters. The Balaban J connectivity index is 2.09. The molecule has 1 N–H and O–H groups in total. The topological polar surface area (TPSA) is 33.7 Å². The molecule has 2 rings (SSSR count). The van der Waals surface area contributed by atoms with Crippen LogP contribution in [0.4, 0.5) is 10.1 Å². The summed E-state index contributed by atoms with van der Waals surface area (Å²) < 4.78 is 24.3. The zero-order valence-corrected chi connectivity index (χ0v) is 12.9. The van der Waals surface area contributed by atoms with E-state index in [2.05, 4.69) is 17.1 Å². The molecule has 1 heterocycles. The van der Waals surface area contributed by atoms with E-state index in [9.17, 15) is 4.39 Å². The highest BCUT2D eigenvalue weighted by Gasteiger charge is 2.18. The van der Waals surface area contributed by atoms with Crippen molar-refractivity contribution in [1.82, 2.24) is 5.32 Å². The molecule has 1 aliphatic rings. The van der Waals surface area contributed by atoms with E-state index in [0.29, 0.717) is 13.2 Å². The molecule has 0 aromatic heterocycles. The first-order valence-corrected chi connectivity index (χ1v) is 7.55. The Hall–Kier alpha value is -1.17. The number of nitrogens with one attached hydrogen (secondary N) is 1. The molecule has 0 amide bonds. The Bertz CT molecular complexity index is 442. The van der Waals surface area contributed by atoms with E-state index in [1.807, 2.05) is 6.07 Å². The number of methoxy groups -OCH3 is 1. The minimum atomic E-state index is -0.193. The standard InChI is InChI=1S/C16H25FN2O2/c1-13-12-19(7-3-8-21-13)16-5-4-15(17)10-14(16)11-18-6-9-20-2/h4-5,10,13,18H,3,6-9,11-12H2,1-2H3. The average Bonchev–Trinajstić information content (AvgIpc) is 2.68. The molecule has 0 spiro atoms. The van der Waals surface area contributed by atoms with E-state index in [-0.39, 0.29) is 11.9 Å². The van der Waals surface area contributed by atoms with Crippen molar-refractivity contribution in [3.05, 3.63) is 29.6 Å². The number of anilines is 1. The summed E-state index contributed by atoms with van der Waals surface area (Å²) >= 11 is 0. The van der Waals surface area contributed by atoms with Gasteiger partial charge in [0.1, 0.15) is 5.82 Å². The molecule has 0 saturated carbocycles. The molecule has 0 radical (unpaired) electrons. The minimum absolute atomic E-state index is 0.193. The minimum Gasteiger partial charge on any atom is -0.383 e. The van der Waals surface area contributed by atoms with Crippen LogP contribution >= 0.6 is 0 Å². The molecule has 1 fully saturated rings. The summed E-state index contributed by atoms with van der Waals surface area (Å²) in [4.78, 5) is 2.30. The van der Waals surface area contributed by atoms with Crippen molar-refractivity contribution in [3.8, 4) is 0 Å². The summed E-state index contributed by atoms with van der Waals surface area (Å²) in [7, 11) is 1.67. The van der Waals surface area contributed by atoms with Crippen molar-refractivity contribution in [2.24, 2.45) is 0 Å². The molecule has 5 heteroatoms. The summed E-state index contributed by atoms with van der Waals surface area (Å²) in [6, 6.07) is 5.02. The van der Waals surface area contributed by atoms with E-state index in [0.717, 1.165) is 43.9 Å². The van der Waals surface area contributed by atoms with Crippen molar-refractivity contribution < 1.29 is 13.9 Å². The number of halogens is 1. The van der Waals surface area contributed by atoms with E-state index < -0.39 is 0 Å². The Morgan fingerprint density at radius 3 is 3.14 bits per heavy atom. The third kappa shape index (κ3) is 4.95. The lowest BCUT2D eigenvalue weighted by atomic mass is 10.1. The second-order valence-electron chi connectivity index (χ2n) is 5.42. The van der Waals surface area contributed by atoms with Gasteiger partial charge in [-0.15, -0.1) is 0 Å². The van der Waals surface area contributed by atoms with E-state index in [1.54, 1.807) is 13.2 Å². The van der Waals surface area contributed by atoms with Crippen LogP contribution < -0.4 is 10.2 Å². The maximum Gasteiger partial charge on any atom is 0.123 e. The Morgan fingerprint density at radius 1 is 1.48 bits per heavy atom. The number of benzene rings is 1. The number of ether oxygens (including phenoxy) is 2. The predicted octanol–water partition coefficient (Wildman–Crippen LogP) is 2.18. The number of nitrogens with zero attached hydrogens (tertiary/aromatic N) is 1. The van der Waals surface area contributed by atoms with Gasteiger partial charge >= 0.3 is 0 Å². The van der Waals surface area contributed by atoms with Gasteiger partial charge in [-0.3, -0.25) is 0 Å². The van der Waals surface area contributed by atoms with Crippen molar-refractivity contribution in [3.63, 3.8) is 0 Å². The smallest absolute Gasteiger partial charge is 0.123 e. The molecule has 1 aliphatic heterocycles. The number of hydrogen-bond acceptors (Lipinski definition) is 4. The molecular weight excluding hydrogens is 271 g/mol. The first kappa shape index (κ1) is 16.2. The maximum atomic E-state index is 13.6. The molecule has 1 atom stereocenters. The molecule has 1 aromatic rings. The summed E-state index contributed by atoms with van der Waals surface area (Å²) in [6.07, 6.45) is 1.20. The highest BCUT2D eigenvalue weighted by Crippen LogP contribution is 2.24. The lowest BCUT2D eigenvalue weighted by Gasteiger charge is -2.27. The first-order chi connectivity index (χ1) is 10.2. The lowest BCUT2D eigenvalue weighted by molar-refractivity contribution is 0.0821. The molecule has 21 heavy (non-hydrogen) atoms. The van der Waals surface area contributed by atoms with E-state index >= 15 is 0 Å². The van der Waals surface area contributed by atoms with Crippen LogP contribution in [0.15, 0.2) is 18.2 Å². The third-order valence-electron chi connectivity index (χ3n) is 3.63. The summed E-state index contributed by atoms with van der Waals surface area (Å²) in [5.74, 6) is -0.193. The number of rotatable bonds is 6. The van der Waals surface area contributed by atoms with Crippen molar-refractivity contribution in [1.29, 1.82) is 0 Å². The van der Waals surface area contributed by atoms with Gasteiger partial charge in [-0.05, 0) is 37.1 Å². The van der Waals surface area contributed by atoms with Crippen LogP contribution in [-0.4, -0.2) is 46.1 Å². The maximum absolute atomic E-state index is 13.6. The van der Waals surface area contributed by atoms with Crippen molar-refractivity contribution >= 4 is 5.69 Å². The molecule has 4 nitrogen and oxygen atoms in total. The van der Waals surface area contributed by atoms with E-state index in [1.165, 1.54) is 6.07 Å². The monoisotopic (exact) mass is 296 g/mol. The highest BCUT2D eigenvalue weighted by atomic mass is 19.1. The van der Waals surface area contributed by atoms with Crippen LogP contribution in [0.1, 0.15) is 18.9 Å². The fraction of sp³-hybridized carbons (Fsp3) is 0.625. The normalized spacial score (nSPS) is 19.6. The van der Waals surface area contributed by atoms with Crippen LogP contribution in [0.25, 0.3) is 0 Å². The van der Waals surface area contributed by atoms with Crippen LogP contribution in [0.2, 0.25) is 0 Å². The first-order valence-electron chi connectivity index (χ1n) is 7.55. The molecule has 0 aliphatic carbocycles. The van der Waals surface area contributed by atoms with Gasteiger partial charge in [0.15, 0.2) is 0 Å². The molecule has 1 aromatic carbocycles. The Morgan fingerprint density at radius 2 is 2.33 bits per heavy atom. The Kier molecular flexibility index (Phi) is 6.42. The van der Waals surface area contributed by atoms with Gasteiger partial charge < -0.3 is 19.7 Å². The van der Waals surface area contributed by atoms with Crippen LogP contribution in [-0.2, 0) is 16.0 Å². The Labute approximate surface area is 126 Å². The summed E-state index contributed by atoms with van der Waals surface area (Å²) in [5.41, 5.74) is 2.08. The van der Waals surface area contributed by atoms with Crippen molar-refractivity contribution in [2.45, 2.75) is 26.0 Å². The molecular formula is C16H25FN2O2. The SMILES string of the molecule is COCCNCc1cc(F)ccc1N1CCCOC(C)C1. The third-order valence-corrected chi connectivity index (χ3v) is 3.63. The predicted molar refractivity (Wildman–Crippen MR) is 82.2 cm³/mol. The fourth-order valence-corrected chi connectivity index (χ4v) is 2.61. The summed E-state index contributed by atoms with van der Waals surface area (Å²) in [5, 5.41) is 3.29. The quantitative estimate of drug-likeness (QED) is 0.816. The zero-order valence-electron chi connectivity index (χ0n) is 12.9. The second-order valence-corrected chi connectivity index (χ2v) is 5.42. The van der Waals surface area contributed by atoms with Crippen LogP contribution in [0, 0.1) is 5.82 Å². The molecule has 0 bridgehead atoms. The van der Waals surface area contributed by atoms with E-state index in [4.69, 9.17) is 9.47 Å². The fourth-order valence-electron chi connectivity index (χ4n) is 2.61. The largest absolute Gasteiger partial charge is 0.383 e. The van der Waals surface area contributed by atoms with Crippen LogP contribution in [0.5, 0.6) is 0 Å². The van der Waals surface area contributed by atoms with Gasteiger partial charge in [0.2, 0.25) is 0 Å². The average molecular weight is 296 g/mol. The number of hydrogen-bond donors (Lipinski definition) is 1. The van der Waals surface area contributed by atoms with Crippen LogP contribution in [0.3, 0.4) is 0 Å². The van der Waals surface area contributed by atoms with Gasteiger partial charge in [0, 0.05) is 45.6 Å². The van der Waals surface area contributed by atoms with Gasteiger partial charge in [-0.2, -0.15) is 0 Å². The molecule has 118 valence electrons. The van der Waals surface area contributed by atoms with Crippen molar-refractivity contribution in [2.75, 3.05) is 44.9 Å². The van der Waals surface area contributed by atoms with Gasteiger partial charge in [-0.1, -0.05) is 0 Å². The van der Waals surface area contributed by atoms with Gasteiger partial charge in [0.25, 0.3) is 0 Å². The lowest BCUT2D eigenvalue weighted by Crippen LogP contribution is -2.31. The molecule has 1 saturated heterocycles. The zero-order chi connectivity index (χ0) is 15.1. The second kappa shape index (κ2) is 8.32. The van der Waals surface area contributed by atoms with Gasteiger partial charge in [-0.25, -0.2) is 4.39 Å². The summed E-state index contributed by atoms with van der Waals surface area (Å²) in [6.45, 7) is 6.71. The highest BCUT2D eigenvalue weighted by molar-refractivity contribution is 5.54.